The molecule has 0 saturated carbocycles. The van der Waals surface area contributed by atoms with Crippen LogP contribution in [0.2, 0.25) is 0 Å². The average molecular weight is 454 g/mol. The van der Waals surface area contributed by atoms with E-state index in [0.717, 1.165) is 27.9 Å². The highest BCUT2D eigenvalue weighted by Gasteiger charge is 2.21. The molecule has 0 bridgehead atoms. The van der Waals surface area contributed by atoms with Gasteiger partial charge in [0.15, 0.2) is 0 Å². The van der Waals surface area contributed by atoms with Gasteiger partial charge < -0.3 is 10.0 Å². The van der Waals surface area contributed by atoms with Crippen molar-refractivity contribution < 1.29 is 5.11 Å². The number of rotatable bonds is 5. The molecular formula is C30H32NOP. The van der Waals surface area contributed by atoms with Crippen LogP contribution in [0.5, 0.6) is 5.75 Å². The summed E-state index contributed by atoms with van der Waals surface area (Å²) in [6.07, 6.45) is 0. The summed E-state index contributed by atoms with van der Waals surface area (Å²) in [4.78, 5) is 2.31. The first-order valence-electron chi connectivity index (χ1n) is 11.4. The molecule has 168 valence electrons. The molecule has 0 aromatic heterocycles. The average Bonchev–Trinajstić information content (AvgIpc) is 2.79. The molecule has 33 heavy (non-hydrogen) atoms. The maximum Gasteiger partial charge on any atom is 0.126 e. The lowest BCUT2D eigenvalue weighted by atomic mass is 9.86. The molecule has 3 heteroatoms. The van der Waals surface area contributed by atoms with Crippen LogP contribution >= 0.6 is 8.58 Å². The minimum atomic E-state index is 0.0202. The van der Waals surface area contributed by atoms with Crippen molar-refractivity contribution in [3.8, 4) is 5.75 Å². The molecule has 0 fully saturated rings. The van der Waals surface area contributed by atoms with Gasteiger partial charge in [0.25, 0.3) is 0 Å². The number of hydrogen-bond acceptors (Lipinski definition) is 2. The number of hydrogen-bond donors (Lipinski definition) is 1. The summed E-state index contributed by atoms with van der Waals surface area (Å²) in [5, 5.41) is 13.2. The van der Waals surface area contributed by atoms with Gasteiger partial charge in [-0.25, -0.2) is 0 Å². The van der Waals surface area contributed by atoms with Crippen molar-refractivity contribution in [3.05, 3.63) is 108 Å². The van der Waals surface area contributed by atoms with Crippen LogP contribution < -0.4 is 15.5 Å². The van der Waals surface area contributed by atoms with Crippen molar-refractivity contribution in [2.45, 2.75) is 40.0 Å². The van der Waals surface area contributed by atoms with Gasteiger partial charge in [-0.2, -0.15) is 0 Å². The maximum absolute atomic E-state index is 11.0. The Hall–Kier alpha value is -3.09. The zero-order valence-corrected chi connectivity index (χ0v) is 21.1. The molecule has 4 rings (SSSR count). The Kier molecular flexibility index (Phi) is 6.58. The van der Waals surface area contributed by atoms with Gasteiger partial charge in [0.2, 0.25) is 0 Å². The smallest absolute Gasteiger partial charge is 0.126 e. The van der Waals surface area contributed by atoms with Crippen LogP contribution in [0.15, 0.2) is 91.0 Å². The predicted octanol–water partition coefficient (Wildman–Crippen LogP) is 7.41. The van der Waals surface area contributed by atoms with E-state index in [9.17, 15) is 5.11 Å². The minimum Gasteiger partial charge on any atom is -0.507 e. The van der Waals surface area contributed by atoms with E-state index >= 15 is 0 Å². The SMILES string of the molecule is Cc1cc(C(C)(C)C)cc(Pc2c(C)cccc2N(c2ccccc2)c2ccccc2)c1O. The number of anilines is 3. The number of nitrogens with zero attached hydrogens (tertiary/aromatic N) is 1. The normalized spacial score (nSPS) is 11.8. The highest BCUT2D eigenvalue weighted by atomic mass is 31.1. The molecule has 0 amide bonds. The molecule has 0 saturated heterocycles. The van der Waals surface area contributed by atoms with Crippen LogP contribution in [0, 0.1) is 13.8 Å². The topological polar surface area (TPSA) is 23.5 Å². The van der Waals surface area contributed by atoms with Crippen LogP contribution in [0.25, 0.3) is 0 Å². The highest BCUT2D eigenvalue weighted by Crippen LogP contribution is 2.37. The van der Waals surface area contributed by atoms with Crippen molar-refractivity contribution in [2.24, 2.45) is 0 Å². The minimum absolute atomic E-state index is 0.0202. The standard InChI is InChI=1S/C30H32NOP/c1-21-13-12-18-26(31(24-14-8-6-9-15-24)25-16-10-7-11-17-25)29(21)33-27-20-23(30(3,4)5)19-22(2)28(27)32/h6-20,32-33H,1-5H3. The second-order valence-electron chi connectivity index (χ2n) is 9.54. The fourth-order valence-electron chi connectivity index (χ4n) is 4.03. The highest BCUT2D eigenvalue weighted by molar-refractivity contribution is 7.56. The van der Waals surface area contributed by atoms with E-state index in [4.69, 9.17) is 0 Å². The van der Waals surface area contributed by atoms with E-state index in [2.05, 4.69) is 111 Å². The summed E-state index contributed by atoms with van der Waals surface area (Å²) < 4.78 is 0. The molecular weight excluding hydrogens is 421 g/mol. The zero-order chi connectivity index (χ0) is 23.6. The quantitative estimate of drug-likeness (QED) is 0.318. The lowest BCUT2D eigenvalue weighted by Crippen LogP contribution is -2.21. The van der Waals surface area contributed by atoms with E-state index in [1.165, 1.54) is 16.4 Å². The number of aryl methyl sites for hydroxylation is 2. The molecule has 0 spiro atoms. The number of phenolic OH excluding ortho intramolecular Hbond substituents is 1. The third-order valence-electron chi connectivity index (χ3n) is 5.95. The van der Waals surface area contributed by atoms with Crippen LogP contribution in [0.3, 0.4) is 0 Å². The summed E-state index contributed by atoms with van der Waals surface area (Å²) in [5.41, 5.74) is 6.80. The van der Waals surface area contributed by atoms with Crippen LogP contribution in [-0.4, -0.2) is 5.11 Å². The van der Waals surface area contributed by atoms with Crippen LogP contribution in [-0.2, 0) is 5.41 Å². The summed E-state index contributed by atoms with van der Waals surface area (Å²) in [6.45, 7) is 10.8. The lowest BCUT2D eigenvalue weighted by Gasteiger charge is -2.29. The van der Waals surface area contributed by atoms with Gasteiger partial charge in [-0.1, -0.05) is 83.9 Å². The third-order valence-corrected chi connectivity index (χ3v) is 7.50. The van der Waals surface area contributed by atoms with Gasteiger partial charge in [-0.3, -0.25) is 0 Å². The Labute approximate surface area is 199 Å². The lowest BCUT2D eigenvalue weighted by molar-refractivity contribution is 0.474. The summed E-state index contributed by atoms with van der Waals surface area (Å²) in [5.74, 6) is 0.404. The number of aromatic hydroxyl groups is 1. The molecule has 2 nitrogen and oxygen atoms in total. The predicted molar refractivity (Wildman–Crippen MR) is 145 cm³/mol. The van der Waals surface area contributed by atoms with E-state index in [1.807, 2.05) is 19.1 Å². The number of phenols is 1. The van der Waals surface area contributed by atoms with Crippen LogP contribution in [0.4, 0.5) is 17.1 Å². The second-order valence-corrected chi connectivity index (χ2v) is 10.8. The Bertz CT molecular complexity index is 1200. The van der Waals surface area contributed by atoms with E-state index < -0.39 is 0 Å². The molecule has 0 heterocycles. The Morgan fingerprint density at radius 3 is 1.82 bits per heavy atom. The Balaban J connectivity index is 1.89. The maximum atomic E-state index is 11.0. The molecule has 0 aliphatic heterocycles. The van der Waals surface area contributed by atoms with Gasteiger partial charge in [0, 0.05) is 22.0 Å². The molecule has 0 aliphatic carbocycles. The summed E-state index contributed by atoms with van der Waals surface area (Å²) in [7, 11) is 0.336. The van der Waals surface area contributed by atoms with Crippen molar-refractivity contribution in [1.29, 1.82) is 0 Å². The molecule has 1 N–H and O–H groups in total. The monoisotopic (exact) mass is 453 g/mol. The van der Waals surface area contributed by atoms with Gasteiger partial charge >= 0.3 is 0 Å². The van der Waals surface area contributed by atoms with Gasteiger partial charge in [0.05, 0.1) is 5.69 Å². The number of benzene rings is 4. The number of para-hydroxylation sites is 2. The van der Waals surface area contributed by atoms with Gasteiger partial charge in [-0.15, -0.1) is 0 Å². The van der Waals surface area contributed by atoms with Gasteiger partial charge in [0.1, 0.15) is 5.75 Å². The molecule has 0 aliphatic rings. The first-order valence-corrected chi connectivity index (χ1v) is 12.4. The van der Waals surface area contributed by atoms with Gasteiger partial charge in [-0.05, 0) is 72.4 Å². The Morgan fingerprint density at radius 2 is 1.27 bits per heavy atom. The van der Waals surface area contributed by atoms with E-state index in [0.29, 0.717) is 14.3 Å². The second kappa shape index (κ2) is 9.41. The van der Waals surface area contributed by atoms with E-state index in [-0.39, 0.29) is 5.41 Å². The Morgan fingerprint density at radius 1 is 0.697 bits per heavy atom. The fourth-order valence-corrected chi connectivity index (χ4v) is 5.44. The molecule has 4 aromatic rings. The van der Waals surface area contributed by atoms with Crippen molar-refractivity contribution in [3.63, 3.8) is 0 Å². The molecule has 0 radical (unpaired) electrons. The molecule has 1 atom stereocenters. The fraction of sp³-hybridized carbons (Fsp3) is 0.200. The molecule has 1 unspecified atom stereocenters. The van der Waals surface area contributed by atoms with Crippen molar-refractivity contribution in [1.82, 2.24) is 0 Å². The zero-order valence-electron chi connectivity index (χ0n) is 20.1. The molecule has 4 aromatic carbocycles. The van der Waals surface area contributed by atoms with Crippen molar-refractivity contribution >= 4 is 36.3 Å². The largest absolute Gasteiger partial charge is 0.507 e. The van der Waals surface area contributed by atoms with Crippen LogP contribution in [0.1, 0.15) is 37.5 Å². The summed E-state index contributed by atoms with van der Waals surface area (Å²) in [6, 6.07) is 31.7. The first-order chi connectivity index (χ1) is 15.8. The summed E-state index contributed by atoms with van der Waals surface area (Å²) >= 11 is 0. The third kappa shape index (κ3) is 4.97. The van der Waals surface area contributed by atoms with Crippen molar-refractivity contribution in [2.75, 3.05) is 4.90 Å². The van der Waals surface area contributed by atoms with E-state index in [1.54, 1.807) is 0 Å². The first kappa shape index (κ1) is 23.1.